The SMILES string of the molecule is C=CCNC(=O)C(=O)C(CCC)NC(=O)[C@@H]1CC(C(C)C)CN1C(=O)C1(NC(=O)NC2(CS(=O)(=O)CCC(C)C)CCCCC2)C2Cc3ccccc3CC21. The van der Waals surface area contributed by atoms with Crippen LogP contribution in [-0.4, -0.2) is 90.6 Å². The van der Waals surface area contributed by atoms with Gasteiger partial charge >= 0.3 is 6.03 Å². The number of nitrogens with one attached hydrogen (secondary N) is 4. The van der Waals surface area contributed by atoms with Crippen molar-refractivity contribution in [2.24, 2.45) is 29.6 Å². The molecule has 4 N–H and O–H groups in total. The minimum absolute atomic E-state index is 0.0127. The summed E-state index contributed by atoms with van der Waals surface area (Å²) in [6.07, 6.45) is 7.96. The van der Waals surface area contributed by atoms with Gasteiger partial charge in [-0.2, -0.15) is 0 Å². The second kappa shape index (κ2) is 17.6. The van der Waals surface area contributed by atoms with Crippen molar-refractivity contribution in [3.05, 3.63) is 48.0 Å². The molecule has 0 spiro atoms. The van der Waals surface area contributed by atoms with Crippen LogP contribution >= 0.6 is 0 Å². The fourth-order valence-corrected chi connectivity index (χ4v) is 11.5. The van der Waals surface area contributed by atoms with Gasteiger partial charge in [-0.25, -0.2) is 13.2 Å². The lowest BCUT2D eigenvalue weighted by Crippen LogP contribution is -2.63. The normalized spacial score (nSPS) is 26.0. The van der Waals surface area contributed by atoms with Gasteiger partial charge in [0.25, 0.3) is 5.91 Å². The first-order chi connectivity index (χ1) is 26.1. The Kier molecular flexibility index (Phi) is 13.6. The minimum Gasteiger partial charge on any atom is -0.346 e. The van der Waals surface area contributed by atoms with E-state index in [1.165, 1.54) is 6.08 Å². The summed E-state index contributed by atoms with van der Waals surface area (Å²) in [4.78, 5) is 71.1. The molecule has 55 heavy (non-hydrogen) atoms. The van der Waals surface area contributed by atoms with E-state index in [0.717, 1.165) is 30.4 Å². The Morgan fingerprint density at radius 1 is 0.945 bits per heavy atom. The molecule has 0 radical (unpaired) electrons. The number of sulfone groups is 1. The number of carbonyl (C=O) groups is 5. The van der Waals surface area contributed by atoms with Gasteiger partial charge in [0.1, 0.15) is 11.6 Å². The average Bonchev–Trinajstić information content (AvgIpc) is 3.50. The summed E-state index contributed by atoms with van der Waals surface area (Å²) < 4.78 is 26.8. The van der Waals surface area contributed by atoms with Gasteiger partial charge in [-0.3, -0.25) is 19.2 Å². The van der Waals surface area contributed by atoms with E-state index in [2.05, 4.69) is 53.8 Å². The molecule has 0 aromatic heterocycles. The summed E-state index contributed by atoms with van der Waals surface area (Å²) in [5.41, 5.74) is -0.0226. The predicted octanol–water partition coefficient (Wildman–Crippen LogP) is 4.26. The molecule has 2 saturated carbocycles. The van der Waals surface area contributed by atoms with Gasteiger partial charge in [0, 0.05) is 24.9 Å². The summed E-state index contributed by atoms with van der Waals surface area (Å²) in [6, 6.07) is 5.51. The lowest BCUT2D eigenvalue weighted by Gasteiger charge is -2.39. The number of nitrogens with zero attached hydrogens (tertiary/aromatic N) is 1. The van der Waals surface area contributed by atoms with E-state index in [-0.39, 0.29) is 60.0 Å². The molecule has 1 saturated heterocycles. The van der Waals surface area contributed by atoms with Crippen LogP contribution in [-0.2, 0) is 41.9 Å². The molecule has 4 aliphatic rings. The number of urea groups is 1. The van der Waals surface area contributed by atoms with Crippen molar-refractivity contribution in [3.63, 3.8) is 0 Å². The van der Waals surface area contributed by atoms with Gasteiger partial charge in [0.2, 0.25) is 17.6 Å². The van der Waals surface area contributed by atoms with E-state index in [1.54, 1.807) is 4.90 Å². The van der Waals surface area contributed by atoms with Crippen LogP contribution in [0.1, 0.15) is 104 Å². The van der Waals surface area contributed by atoms with Crippen molar-refractivity contribution in [1.82, 2.24) is 26.2 Å². The molecule has 3 fully saturated rings. The van der Waals surface area contributed by atoms with Gasteiger partial charge < -0.3 is 26.2 Å². The van der Waals surface area contributed by atoms with Crippen LogP contribution in [0.3, 0.4) is 0 Å². The van der Waals surface area contributed by atoms with Crippen molar-refractivity contribution in [1.29, 1.82) is 0 Å². The summed E-state index contributed by atoms with van der Waals surface area (Å²) in [5.74, 6) is -2.56. The summed E-state index contributed by atoms with van der Waals surface area (Å²) in [5, 5.41) is 11.6. The second-order valence-corrected chi connectivity index (χ2v) is 19.6. The number of likely N-dealkylation sites (tertiary alicyclic amines) is 1. The number of amides is 5. The maximum atomic E-state index is 15.3. The van der Waals surface area contributed by atoms with Crippen molar-refractivity contribution in [3.8, 4) is 0 Å². The first-order valence-electron chi connectivity index (χ1n) is 20.5. The summed E-state index contributed by atoms with van der Waals surface area (Å²) in [7, 11) is -3.47. The van der Waals surface area contributed by atoms with Gasteiger partial charge in [-0.15, -0.1) is 6.58 Å². The molecule has 3 aliphatic carbocycles. The maximum absolute atomic E-state index is 15.3. The van der Waals surface area contributed by atoms with Crippen LogP contribution in [0.25, 0.3) is 0 Å². The van der Waals surface area contributed by atoms with E-state index in [1.807, 2.05) is 32.9 Å². The third kappa shape index (κ3) is 9.63. The van der Waals surface area contributed by atoms with Crippen molar-refractivity contribution < 1.29 is 32.4 Å². The van der Waals surface area contributed by atoms with E-state index in [9.17, 15) is 27.6 Å². The highest BCUT2D eigenvalue weighted by Gasteiger charge is 2.72. The highest BCUT2D eigenvalue weighted by molar-refractivity contribution is 7.91. The lowest BCUT2D eigenvalue weighted by molar-refractivity contribution is -0.143. The highest BCUT2D eigenvalue weighted by atomic mass is 32.2. The molecule has 1 aliphatic heterocycles. The molecule has 5 amide bonds. The highest BCUT2D eigenvalue weighted by Crippen LogP contribution is 2.58. The smallest absolute Gasteiger partial charge is 0.316 e. The van der Waals surface area contributed by atoms with Crippen LogP contribution in [0.4, 0.5) is 4.79 Å². The number of Topliss-reactive ketones (excluding diaryl/α,β-unsaturated/α-hetero) is 1. The monoisotopic (exact) mass is 781 g/mol. The molecule has 5 rings (SSSR count). The molecular formula is C42H63N5O7S. The molecular weight excluding hydrogens is 719 g/mol. The Bertz CT molecular complexity index is 1690. The second-order valence-electron chi connectivity index (χ2n) is 17.4. The summed E-state index contributed by atoms with van der Waals surface area (Å²) >= 11 is 0. The van der Waals surface area contributed by atoms with Gasteiger partial charge in [0.15, 0.2) is 9.84 Å². The third-order valence-electron chi connectivity index (χ3n) is 12.6. The predicted molar refractivity (Wildman–Crippen MR) is 213 cm³/mol. The zero-order chi connectivity index (χ0) is 40.1. The lowest BCUT2D eigenvalue weighted by atomic mass is 9.83. The number of carbonyl (C=O) groups excluding carboxylic acids is 5. The standard InChI is InChI=1S/C42H63N5O7S/c1-7-14-34(36(48)38(50)43-20-8-2)44-37(49)35-24-31(28(5)6)25-47(35)39(51)42(32-22-29-15-10-11-16-30(29)23-33(32)42)46-40(52)45-41(18-12-9-13-19-41)26-55(53,54)21-17-27(3)4/h8,10-11,15-16,27-28,31-35H,2,7,9,12-14,17-26H2,1,3-6H3,(H,43,50)(H,44,49)(H2,45,46,52)/t31?,32?,33?,34?,35-,42?/m0/s1. The molecule has 0 bridgehead atoms. The van der Waals surface area contributed by atoms with Crippen molar-refractivity contribution in [2.45, 2.75) is 128 Å². The Labute approximate surface area is 327 Å². The molecule has 1 heterocycles. The Hall–Kier alpha value is -3.74. The minimum atomic E-state index is -3.47. The number of hydrogen-bond donors (Lipinski definition) is 4. The molecule has 1 aromatic carbocycles. The molecule has 4 unspecified atom stereocenters. The average molecular weight is 782 g/mol. The zero-order valence-electron chi connectivity index (χ0n) is 33.5. The van der Waals surface area contributed by atoms with E-state index < -0.39 is 56.6 Å². The fraction of sp³-hybridized carbons (Fsp3) is 0.690. The number of fused-ring (bicyclic) bond motifs is 2. The molecule has 1 aromatic rings. The molecule has 13 heteroatoms. The number of ketones is 1. The van der Waals surface area contributed by atoms with Crippen LogP contribution in [0.15, 0.2) is 36.9 Å². The number of benzene rings is 1. The molecule has 5 atom stereocenters. The van der Waals surface area contributed by atoms with Crippen LogP contribution in [0.5, 0.6) is 0 Å². The quantitative estimate of drug-likeness (QED) is 0.135. The topological polar surface area (TPSA) is 171 Å². The van der Waals surface area contributed by atoms with E-state index in [0.29, 0.717) is 51.5 Å². The zero-order valence-corrected chi connectivity index (χ0v) is 34.3. The third-order valence-corrected chi connectivity index (χ3v) is 14.4. The van der Waals surface area contributed by atoms with E-state index >= 15 is 4.79 Å². The Morgan fingerprint density at radius 2 is 1.58 bits per heavy atom. The maximum Gasteiger partial charge on any atom is 0.316 e. The summed E-state index contributed by atoms with van der Waals surface area (Å²) in [6.45, 7) is 13.9. The fourth-order valence-electron chi connectivity index (χ4n) is 9.33. The Balaban J connectivity index is 1.44. The Morgan fingerprint density at radius 3 is 2.15 bits per heavy atom. The van der Waals surface area contributed by atoms with Crippen molar-refractivity contribution in [2.75, 3.05) is 24.6 Å². The van der Waals surface area contributed by atoms with Gasteiger partial charge in [-0.1, -0.05) is 90.6 Å². The number of rotatable bonds is 17. The first kappa shape index (κ1) is 42.4. The molecule has 304 valence electrons. The first-order valence-corrected chi connectivity index (χ1v) is 22.3. The van der Waals surface area contributed by atoms with Crippen LogP contribution in [0, 0.1) is 29.6 Å². The van der Waals surface area contributed by atoms with Crippen LogP contribution < -0.4 is 21.3 Å². The van der Waals surface area contributed by atoms with Crippen molar-refractivity contribution >= 4 is 39.4 Å². The van der Waals surface area contributed by atoms with Gasteiger partial charge in [-0.05, 0) is 73.8 Å². The van der Waals surface area contributed by atoms with E-state index in [4.69, 9.17) is 0 Å². The van der Waals surface area contributed by atoms with Crippen LogP contribution in [0.2, 0.25) is 0 Å². The number of hydrogen-bond acceptors (Lipinski definition) is 7. The molecule has 12 nitrogen and oxygen atoms in total. The largest absolute Gasteiger partial charge is 0.346 e. The van der Waals surface area contributed by atoms with Gasteiger partial charge in [0.05, 0.1) is 23.1 Å².